The monoisotopic (exact) mass is 245 g/mol. The maximum atomic E-state index is 6.19. The van der Waals surface area contributed by atoms with Gasteiger partial charge in [-0.3, -0.25) is 0 Å². The van der Waals surface area contributed by atoms with Crippen LogP contribution in [0.1, 0.15) is 23.6 Å². The maximum Gasteiger partial charge on any atom is 0.0440 e. The first kappa shape index (κ1) is 12.8. The number of rotatable bonds is 1. The Morgan fingerprint density at radius 2 is 2.00 bits per heavy atom. The fourth-order valence-electron chi connectivity index (χ4n) is 2.20. The van der Waals surface area contributed by atoms with Crippen molar-refractivity contribution >= 4 is 24.0 Å². The SMILES string of the molecule is CCc1c(Cl)ccc2c1CCNCC2.Cl. The molecular weight excluding hydrogens is 229 g/mol. The highest BCUT2D eigenvalue weighted by Crippen LogP contribution is 2.25. The summed E-state index contributed by atoms with van der Waals surface area (Å²) in [6.45, 7) is 4.36. The maximum absolute atomic E-state index is 6.19. The van der Waals surface area contributed by atoms with Gasteiger partial charge in [-0.15, -0.1) is 12.4 Å². The van der Waals surface area contributed by atoms with Gasteiger partial charge in [0.05, 0.1) is 0 Å². The number of nitrogens with one attached hydrogen (secondary N) is 1. The van der Waals surface area contributed by atoms with Gasteiger partial charge in [0, 0.05) is 5.02 Å². The van der Waals surface area contributed by atoms with Gasteiger partial charge in [-0.2, -0.15) is 0 Å². The second-order valence-corrected chi connectivity index (χ2v) is 4.17. The summed E-state index contributed by atoms with van der Waals surface area (Å²) in [6.07, 6.45) is 3.31. The summed E-state index contributed by atoms with van der Waals surface area (Å²) in [6, 6.07) is 4.23. The Morgan fingerprint density at radius 3 is 2.73 bits per heavy atom. The molecule has 1 aliphatic rings. The third-order valence-corrected chi connectivity index (χ3v) is 3.30. The van der Waals surface area contributed by atoms with Crippen LogP contribution < -0.4 is 5.32 Å². The van der Waals surface area contributed by atoms with E-state index in [2.05, 4.69) is 18.3 Å². The van der Waals surface area contributed by atoms with Crippen LogP contribution >= 0.6 is 24.0 Å². The van der Waals surface area contributed by atoms with Crippen LogP contribution in [0.4, 0.5) is 0 Å². The van der Waals surface area contributed by atoms with Gasteiger partial charge in [-0.1, -0.05) is 24.6 Å². The van der Waals surface area contributed by atoms with E-state index in [9.17, 15) is 0 Å². The van der Waals surface area contributed by atoms with E-state index < -0.39 is 0 Å². The third-order valence-electron chi connectivity index (χ3n) is 2.95. The molecule has 0 aromatic heterocycles. The molecule has 1 N–H and O–H groups in total. The van der Waals surface area contributed by atoms with Gasteiger partial charge in [0.15, 0.2) is 0 Å². The number of hydrogen-bond acceptors (Lipinski definition) is 1. The van der Waals surface area contributed by atoms with Crippen LogP contribution in [0.3, 0.4) is 0 Å². The average Bonchev–Trinajstić information content (AvgIpc) is 2.42. The van der Waals surface area contributed by atoms with Crippen LogP contribution in [0, 0.1) is 0 Å². The third kappa shape index (κ3) is 2.66. The van der Waals surface area contributed by atoms with E-state index >= 15 is 0 Å². The molecule has 3 heteroatoms. The number of hydrogen-bond donors (Lipinski definition) is 1. The van der Waals surface area contributed by atoms with Gasteiger partial charge < -0.3 is 5.32 Å². The second-order valence-electron chi connectivity index (χ2n) is 3.77. The lowest BCUT2D eigenvalue weighted by atomic mass is 9.96. The lowest BCUT2D eigenvalue weighted by Crippen LogP contribution is -2.16. The molecule has 0 amide bonds. The van der Waals surface area contributed by atoms with Gasteiger partial charge in [-0.05, 0) is 55.1 Å². The van der Waals surface area contributed by atoms with Gasteiger partial charge in [-0.25, -0.2) is 0 Å². The molecule has 0 unspecified atom stereocenters. The summed E-state index contributed by atoms with van der Waals surface area (Å²) in [5, 5.41) is 4.36. The fourth-order valence-corrected chi connectivity index (χ4v) is 2.51. The second kappa shape index (κ2) is 5.74. The molecule has 0 radical (unpaired) electrons. The summed E-state index contributed by atoms with van der Waals surface area (Å²) in [7, 11) is 0. The molecule has 0 saturated heterocycles. The first-order valence-corrected chi connectivity index (χ1v) is 5.70. The molecular formula is C12H17Cl2N. The van der Waals surface area contributed by atoms with Crippen molar-refractivity contribution in [1.29, 1.82) is 0 Å². The van der Waals surface area contributed by atoms with Crippen molar-refractivity contribution in [2.24, 2.45) is 0 Å². The Balaban J connectivity index is 0.00000112. The van der Waals surface area contributed by atoms with Crippen molar-refractivity contribution in [2.45, 2.75) is 26.2 Å². The van der Waals surface area contributed by atoms with Gasteiger partial charge in [0.1, 0.15) is 0 Å². The molecule has 0 saturated carbocycles. The zero-order chi connectivity index (χ0) is 9.97. The topological polar surface area (TPSA) is 12.0 Å². The van der Waals surface area contributed by atoms with E-state index in [1.807, 2.05) is 6.07 Å². The zero-order valence-electron chi connectivity index (χ0n) is 8.98. The summed E-state index contributed by atoms with van der Waals surface area (Å²) in [5.74, 6) is 0. The Morgan fingerprint density at radius 1 is 1.27 bits per heavy atom. The average molecular weight is 246 g/mol. The molecule has 1 aromatic carbocycles. The molecule has 1 nitrogen and oxygen atoms in total. The molecule has 15 heavy (non-hydrogen) atoms. The van der Waals surface area contributed by atoms with Crippen LogP contribution in [0.2, 0.25) is 5.02 Å². The molecule has 0 fully saturated rings. The summed E-state index contributed by atoms with van der Waals surface area (Å²) in [5.41, 5.74) is 4.33. The van der Waals surface area contributed by atoms with Gasteiger partial charge >= 0.3 is 0 Å². The van der Waals surface area contributed by atoms with Gasteiger partial charge in [0.2, 0.25) is 0 Å². The molecule has 0 aliphatic carbocycles. The van der Waals surface area contributed by atoms with Gasteiger partial charge in [0.25, 0.3) is 0 Å². The molecule has 84 valence electrons. The van der Waals surface area contributed by atoms with E-state index in [4.69, 9.17) is 11.6 Å². The van der Waals surface area contributed by atoms with E-state index in [1.165, 1.54) is 16.7 Å². The largest absolute Gasteiger partial charge is 0.316 e. The number of halogens is 2. The first-order chi connectivity index (χ1) is 6.83. The highest BCUT2D eigenvalue weighted by atomic mass is 35.5. The minimum Gasteiger partial charge on any atom is -0.316 e. The standard InChI is InChI=1S/C12H16ClN.ClH/c1-2-10-11-6-8-14-7-5-9(11)3-4-12(10)13;/h3-4,14H,2,5-8H2,1H3;1H. The number of benzene rings is 1. The molecule has 1 aliphatic heterocycles. The molecule has 0 atom stereocenters. The summed E-state index contributed by atoms with van der Waals surface area (Å²) in [4.78, 5) is 0. The molecule has 1 aromatic rings. The molecule has 0 spiro atoms. The van der Waals surface area contributed by atoms with Crippen LogP contribution in [-0.4, -0.2) is 13.1 Å². The lowest BCUT2D eigenvalue weighted by Gasteiger charge is -2.12. The molecule has 0 bridgehead atoms. The van der Waals surface area contributed by atoms with E-state index in [1.54, 1.807) is 0 Å². The lowest BCUT2D eigenvalue weighted by molar-refractivity contribution is 0.710. The molecule has 2 rings (SSSR count). The highest BCUT2D eigenvalue weighted by molar-refractivity contribution is 6.31. The summed E-state index contributed by atoms with van der Waals surface area (Å²) < 4.78 is 0. The van der Waals surface area contributed by atoms with E-state index in [0.29, 0.717) is 0 Å². The van der Waals surface area contributed by atoms with Crippen LogP contribution in [0.5, 0.6) is 0 Å². The predicted octanol–water partition coefficient (Wildman–Crippen LogP) is 3.01. The van der Waals surface area contributed by atoms with Crippen molar-refractivity contribution in [3.63, 3.8) is 0 Å². The van der Waals surface area contributed by atoms with Crippen molar-refractivity contribution in [2.75, 3.05) is 13.1 Å². The Kier molecular flexibility index (Phi) is 4.91. The zero-order valence-corrected chi connectivity index (χ0v) is 10.5. The quantitative estimate of drug-likeness (QED) is 0.803. The van der Waals surface area contributed by atoms with Crippen LogP contribution in [0.25, 0.3) is 0 Å². The highest BCUT2D eigenvalue weighted by Gasteiger charge is 2.12. The molecule has 1 heterocycles. The van der Waals surface area contributed by atoms with Crippen molar-refractivity contribution in [1.82, 2.24) is 5.32 Å². The Labute approximate surface area is 103 Å². The van der Waals surface area contributed by atoms with E-state index in [0.717, 1.165) is 37.4 Å². The fraction of sp³-hybridized carbons (Fsp3) is 0.500. The van der Waals surface area contributed by atoms with Crippen LogP contribution in [0.15, 0.2) is 12.1 Å². The van der Waals surface area contributed by atoms with Crippen LogP contribution in [-0.2, 0) is 19.3 Å². The van der Waals surface area contributed by atoms with Crippen molar-refractivity contribution in [3.05, 3.63) is 33.8 Å². The minimum atomic E-state index is 0. The summed E-state index contributed by atoms with van der Waals surface area (Å²) >= 11 is 6.19. The first-order valence-electron chi connectivity index (χ1n) is 5.32. The Hall–Kier alpha value is -0.240. The van der Waals surface area contributed by atoms with Crippen molar-refractivity contribution in [3.8, 4) is 0 Å². The Bertz CT molecular complexity index is 337. The van der Waals surface area contributed by atoms with Crippen molar-refractivity contribution < 1.29 is 0 Å². The predicted molar refractivity (Wildman–Crippen MR) is 68.4 cm³/mol. The minimum absolute atomic E-state index is 0. The smallest absolute Gasteiger partial charge is 0.0440 e. The normalized spacial score (nSPS) is 15.1. The number of fused-ring (bicyclic) bond motifs is 1. The van der Waals surface area contributed by atoms with E-state index in [-0.39, 0.29) is 12.4 Å².